The number of carbonyl (C=O) groups is 1. The van der Waals surface area contributed by atoms with Crippen LogP contribution < -0.4 is 5.32 Å². The van der Waals surface area contributed by atoms with Crippen molar-refractivity contribution in [1.29, 1.82) is 0 Å². The second-order valence-electron chi connectivity index (χ2n) is 7.64. The maximum Gasteiger partial charge on any atom is 0.223 e. The molecule has 27 heavy (non-hydrogen) atoms. The molecule has 146 valence electrons. The van der Waals surface area contributed by atoms with E-state index in [1.807, 2.05) is 11.8 Å². The molecule has 8 nitrogen and oxygen atoms in total. The number of rotatable bonds is 5. The minimum absolute atomic E-state index is 0.241. The topological polar surface area (TPSA) is 89.1 Å². The Balaban J connectivity index is 1.22. The summed E-state index contributed by atoms with van der Waals surface area (Å²) in [5.41, 5.74) is 2.26. The summed E-state index contributed by atoms with van der Waals surface area (Å²) >= 11 is 0. The van der Waals surface area contributed by atoms with Crippen LogP contribution in [0.4, 0.5) is 0 Å². The molecule has 1 fully saturated rings. The fourth-order valence-corrected chi connectivity index (χ4v) is 4.01. The smallest absolute Gasteiger partial charge is 0.223 e. The molecular weight excluding hydrogens is 344 g/mol. The lowest BCUT2D eigenvalue weighted by molar-refractivity contribution is -0.132. The Bertz CT molecular complexity index is 752. The van der Waals surface area contributed by atoms with Gasteiger partial charge in [-0.05, 0) is 37.8 Å². The van der Waals surface area contributed by atoms with Gasteiger partial charge in [0.25, 0.3) is 0 Å². The zero-order valence-electron chi connectivity index (χ0n) is 16.0. The minimum Gasteiger partial charge on any atom is -0.343 e. The number of hydrogen-bond donors (Lipinski definition) is 1. The van der Waals surface area contributed by atoms with Crippen molar-refractivity contribution in [3.63, 3.8) is 0 Å². The molecule has 1 saturated heterocycles. The van der Waals surface area contributed by atoms with Crippen LogP contribution in [0.25, 0.3) is 0 Å². The first-order chi connectivity index (χ1) is 13.2. The number of hydrogen-bond acceptors (Lipinski definition) is 6. The molecule has 0 spiro atoms. The third kappa shape index (κ3) is 4.55. The Kier molecular flexibility index (Phi) is 5.52. The van der Waals surface area contributed by atoms with Crippen LogP contribution in [0.2, 0.25) is 0 Å². The number of fused-ring (bicyclic) bond motifs is 1. The number of carbonyl (C=O) groups excluding carboxylic acids is 1. The summed E-state index contributed by atoms with van der Waals surface area (Å²) in [4.78, 5) is 18.9. The zero-order valence-corrected chi connectivity index (χ0v) is 16.0. The molecule has 0 radical (unpaired) electrons. The van der Waals surface area contributed by atoms with Gasteiger partial charge in [0, 0.05) is 52.4 Å². The van der Waals surface area contributed by atoms with Crippen molar-refractivity contribution in [3.05, 3.63) is 29.2 Å². The van der Waals surface area contributed by atoms with E-state index in [0.717, 1.165) is 76.3 Å². The van der Waals surface area contributed by atoms with Crippen LogP contribution in [-0.4, -0.2) is 50.4 Å². The van der Waals surface area contributed by atoms with Gasteiger partial charge in [-0.15, -0.1) is 0 Å². The molecule has 0 aromatic carbocycles. The highest BCUT2D eigenvalue weighted by atomic mass is 16.5. The van der Waals surface area contributed by atoms with Gasteiger partial charge in [-0.25, -0.2) is 0 Å². The second-order valence-corrected chi connectivity index (χ2v) is 7.64. The fraction of sp³-hybridized carbons (Fsp3) is 0.684. The molecule has 4 heterocycles. The Morgan fingerprint density at radius 1 is 1.33 bits per heavy atom. The van der Waals surface area contributed by atoms with Crippen molar-refractivity contribution in [2.45, 2.75) is 58.5 Å². The third-order valence-electron chi connectivity index (χ3n) is 5.55. The van der Waals surface area contributed by atoms with Crippen molar-refractivity contribution >= 4 is 5.91 Å². The van der Waals surface area contributed by atoms with Crippen molar-refractivity contribution in [2.75, 3.05) is 19.6 Å². The first-order valence-corrected chi connectivity index (χ1v) is 10.0. The molecule has 0 saturated carbocycles. The van der Waals surface area contributed by atoms with Crippen molar-refractivity contribution in [1.82, 2.24) is 30.1 Å². The first kappa shape index (κ1) is 18.2. The minimum atomic E-state index is 0.241. The van der Waals surface area contributed by atoms with Crippen molar-refractivity contribution < 1.29 is 9.32 Å². The molecule has 4 rings (SSSR count). The average Bonchev–Trinajstić information content (AvgIpc) is 3.19. The van der Waals surface area contributed by atoms with E-state index in [0.29, 0.717) is 18.2 Å². The van der Waals surface area contributed by atoms with E-state index in [-0.39, 0.29) is 5.91 Å². The number of piperidine rings is 1. The number of aryl methyl sites for hydroxylation is 3. The van der Waals surface area contributed by atoms with Crippen LogP contribution in [0.3, 0.4) is 0 Å². The Morgan fingerprint density at radius 3 is 2.96 bits per heavy atom. The molecule has 1 N–H and O–H groups in total. The lowest BCUT2D eigenvalue weighted by Gasteiger charge is -2.31. The maximum absolute atomic E-state index is 12.6. The summed E-state index contributed by atoms with van der Waals surface area (Å²) in [6.45, 7) is 6.33. The monoisotopic (exact) mass is 372 g/mol. The fourth-order valence-electron chi connectivity index (χ4n) is 4.01. The van der Waals surface area contributed by atoms with Gasteiger partial charge in [0.15, 0.2) is 5.82 Å². The molecule has 1 amide bonds. The second kappa shape index (κ2) is 8.21. The lowest BCUT2D eigenvalue weighted by Crippen LogP contribution is -2.39. The molecule has 0 aliphatic carbocycles. The molecule has 2 aliphatic rings. The average molecular weight is 372 g/mol. The Labute approximate surface area is 159 Å². The molecule has 0 bridgehead atoms. The van der Waals surface area contributed by atoms with E-state index >= 15 is 0 Å². The van der Waals surface area contributed by atoms with Gasteiger partial charge in [0.05, 0.1) is 11.4 Å². The normalized spacial score (nSPS) is 18.3. The van der Waals surface area contributed by atoms with Gasteiger partial charge in [0.1, 0.15) is 0 Å². The van der Waals surface area contributed by atoms with Gasteiger partial charge in [0.2, 0.25) is 11.8 Å². The van der Waals surface area contributed by atoms with E-state index in [9.17, 15) is 4.79 Å². The molecule has 2 aromatic heterocycles. The zero-order chi connectivity index (χ0) is 18.6. The van der Waals surface area contributed by atoms with Gasteiger partial charge in [-0.1, -0.05) is 5.16 Å². The SMILES string of the molecule is Cc1nc(CC2CCN(C(=O)CCc3cc4n(n3)CCCNC4)CC2)no1. The number of amides is 1. The number of aromatic nitrogens is 4. The molecule has 8 heteroatoms. The summed E-state index contributed by atoms with van der Waals surface area (Å²) < 4.78 is 7.13. The summed E-state index contributed by atoms with van der Waals surface area (Å²) in [6.07, 6.45) is 5.21. The highest BCUT2D eigenvalue weighted by Crippen LogP contribution is 2.21. The van der Waals surface area contributed by atoms with Gasteiger partial charge >= 0.3 is 0 Å². The third-order valence-corrected chi connectivity index (χ3v) is 5.55. The van der Waals surface area contributed by atoms with Crippen LogP contribution in [0.1, 0.15) is 48.8 Å². The summed E-state index contributed by atoms with van der Waals surface area (Å²) in [7, 11) is 0. The first-order valence-electron chi connectivity index (χ1n) is 10.0. The van der Waals surface area contributed by atoms with Crippen LogP contribution in [0.5, 0.6) is 0 Å². The Hall–Kier alpha value is -2.22. The molecular formula is C19H28N6O2. The standard InChI is InChI=1S/C19H28N6O2/c1-14-21-18(23-27-14)11-15-5-9-24(10-6-15)19(26)4-3-16-12-17-13-20-7-2-8-25(17)22-16/h12,15,20H,2-11,13H2,1H3. The predicted octanol–water partition coefficient (Wildman–Crippen LogP) is 1.48. The number of nitrogens with one attached hydrogen (secondary N) is 1. The van der Waals surface area contributed by atoms with E-state index < -0.39 is 0 Å². The molecule has 2 aliphatic heterocycles. The maximum atomic E-state index is 12.6. The number of nitrogens with zero attached hydrogens (tertiary/aromatic N) is 5. The molecule has 0 unspecified atom stereocenters. The predicted molar refractivity (Wildman–Crippen MR) is 98.9 cm³/mol. The summed E-state index contributed by atoms with van der Waals surface area (Å²) in [5.74, 6) is 2.17. The van der Waals surface area contributed by atoms with E-state index in [1.165, 1.54) is 5.69 Å². The van der Waals surface area contributed by atoms with Gasteiger partial charge < -0.3 is 14.7 Å². The molecule has 2 aromatic rings. The van der Waals surface area contributed by atoms with E-state index in [2.05, 4.69) is 31.3 Å². The van der Waals surface area contributed by atoms with Crippen molar-refractivity contribution in [3.8, 4) is 0 Å². The van der Waals surface area contributed by atoms with Gasteiger partial charge in [-0.3, -0.25) is 9.48 Å². The molecule has 0 atom stereocenters. The summed E-state index contributed by atoms with van der Waals surface area (Å²) in [5, 5.41) is 12.1. The van der Waals surface area contributed by atoms with Crippen LogP contribution in [0, 0.1) is 12.8 Å². The highest BCUT2D eigenvalue weighted by Gasteiger charge is 2.24. The van der Waals surface area contributed by atoms with E-state index in [4.69, 9.17) is 4.52 Å². The van der Waals surface area contributed by atoms with Crippen LogP contribution >= 0.6 is 0 Å². The van der Waals surface area contributed by atoms with Crippen molar-refractivity contribution in [2.24, 2.45) is 5.92 Å². The van der Waals surface area contributed by atoms with Gasteiger partial charge in [-0.2, -0.15) is 10.1 Å². The largest absolute Gasteiger partial charge is 0.343 e. The highest BCUT2D eigenvalue weighted by molar-refractivity contribution is 5.76. The Morgan fingerprint density at radius 2 is 2.19 bits per heavy atom. The summed E-state index contributed by atoms with van der Waals surface area (Å²) in [6, 6.07) is 2.14. The van der Waals surface area contributed by atoms with Crippen LogP contribution in [0.15, 0.2) is 10.6 Å². The van der Waals surface area contributed by atoms with Crippen LogP contribution in [-0.2, 0) is 30.7 Å². The number of likely N-dealkylation sites (tertiary alicyclic amines) is 1. The lowest BCUT2D eigenvalue weighted by atomic mass is 9.93. The van der Waals surface area contributed by atoms with E-state index in [1.54, 1.807) is 0 Å². The quantitative estimate of drug-likeness (QED) is 0.855.